The lowest BCUT2D eigenvalue weighted by atomic mass is 10.1. The molecule has 0 radical (unpaired) electrons. The summed E-state index contributed by atoms with van der Waals surface area (Å²) in [5.41, 5.74) is 5.47. The largest absolute Gasteiger partial charge is 0.320 e. The van der Waals surface area contributed by atoms with Crippen molar-refractivity contribution in [3.8, 4) is 12.0 Å². The molecule has 0 saturated carbocycles. The highest BCUT2D eigenvalue weighted by atomic mass is 16.5. The van der Waals surface area contributed by atoms with E-state index in [4.69, 9.17) is 10.9 Å². The van der Waals surface area contributed by atoms with E-state index < -0.39 is 11.9 Å². The maximum Gasteiger partial charge on any atom is 0.275 e. The third-order valence-corrected chi connectivity index (χ3v) is 1.43. The van der Waals surface area contributed by atoms with Gasteiger partial charge in [0.2, 0.25) is 0 Å². The van der Waals surface area contributed by atoms with Gasteiger partial charge in [0.15, 0.2) is 0 Å². The maximum atomic E-state index is 11.1. The summed E-state index contributed by atoms with van der Waals surface area (Å²) >= 11 is 0. The summed E-state index contributed by atoms with van der Waals surface area (Å²) in [5, 5.41) is 9.31. The number of nitrogens with two attached hydrogens (primary N) is 1. The quantitative estimate of drug-likeness (QED) is 0.269. The maximum absolute atomic E-state index is 11.1. The summed E-state index contributed by atoms with van der Waals surface area (Å²) in [4.78, 5) is 11.1. The fourth-order valence-corrected chi connectivity index (χ4v) is 0.587. The molecule has 68 valence electrons. The Kier molecular flexibility index (Phi) is 4.34. The Morgan fingerprint density at radius 2 is 2.08 bits per heavy atom. The lowest BCUT2D eigenvalue weighted by molar-refractivity contribution is -0.154. The van der Waals surface area contributed by atoms with Gasteiger partial charge < -0.3 is 5.73 Å². The summed E-state index contributed by atoms with van der Waals surface area (Å²) in [5.74, 6) is 1.81. The van der Waals surface area contributed by atoms with Crippen molar-refractivity contribution in [2.24, 2.45) is 11.7 Å². The SMILES string of the molecule is CC#CN(O)C(=O)C(N)C(C)C. The summed E-state index contributed by atoms with van der Waals surface area (Å²) in [7, 11) is 0. The first-order valence-corrected chi connectivity index (χ1v) is 3.71. The van der Waals surface area contributed by atoms with E-state index in [9.17, 15) is 4.79 Å². The van der Waals surface area contributed by atoms with Gasteiger partial charge in [0, 0.05) is 6.04 Å². The molecule has 0 saturated heterocycles. The minimum absolute atomic E-state index is 0.00851. The van der Waals surface area contributed by atoms with Gasteiger partial charge in [-0.05, 0) is 12.8 Å². The smallest absolute Gasteiger partial charge is 0.275 e. The number of rotatable bonds is 2. The highest BCUT2D eigenvalue weighted by Crippen LogP contribution is 2.00. The van der Waals surface area contributed by atoms with E-state index in [1.165, 1.54) is 6.92 Å². The van der Waals surface area contributed by atoms with E-state index in [1.807, 2.05) is 0 Å². The van der Waals surface area contributed by atoms with Gasteiger partial charge in [-0.3, -0.25) is 10.0 Å². The molecule has 0 bridgehead atoms. The van der Waals surface area contributed by atoms with Crippen molar-refractivity contribution < 1.29 is 10.0 Å². The molecule has 0 aromatic carbocycles. The number of hydrogen-bond donors (Lipinski definition) is 2. The summed E-state index contributed by atoms with van der Waals surface area (Å²) in [6.45, 7) is 5.13. The minimum Gasteiger partial charge on any atom is -0.320 e. The molecular formula is C8H14N2O2. The van der Waals surface area contributed by atoms with Crippen molar-refractivity contribution >= 4 is 5.91 Å². The molecule has 0 heterocycles. The Labute approximate surface area is 72.3 Å². The Hall–Kier alpha value is -1.05. The number of hydroxylamine groups is 2. The summed E-state index contributed by atoms with van der Waals surface area (Å²) in [6, 6.07) is 1.49. The molecule has 4 nitrogen and oxygen atoms in total. The molecular weight excluding hydrogens is 156 g/mol. The Morgan fingerprint density at radius 3 is 2.42 bits per heavy atom. The molecule has 3 N–H and O–H groups in total. The topological polar surface area (TPSA) is 66.6 Å². The number of hydrogen-bond acceptors (Lipinski definition) is 3. The first-order chi connectivity index (χ1) is 5.50. The zero-order valence-corrected chi connectivity index (χ0v) is 7.53. The van der Waals surface area contributed by atoms with Crippen molar-refractivity contribution in [2.75, 3.05) is 0 Å². The monoisotopic (exact) mass is 170 g/mol. The zero-order chi connectivity index (χ0) is 9.72. The second-order valence-electron chi connectivity index (χ2n) is 2.78. The fraction of sp³-hybridized carbons (Fsp3) is 0.625. The second kappa shape index (κ2) is 4.75. The normalized spacial score (nSPS) is 11.8. The standard InChI is InChI=1S/C8H14N2O2/c1-4-5-10(12)8(11)7(9)6(2)3/h6-7,12H,9H2,1-3H3. The van der Waals surface area contributed by atoms with Crippen LogP contribution in [0.15, 0.2) is 0 Å². The Morgan fingerprint density at radius 1 is 1.58 bits per heavy atom. The van der Waals surface area contributed by atoms with E-state index >= 15 is 0 Å². The average Bonchev–Trinajstić information content (AvgIpc) is 2.02. The van der Waals surface area contributed by atoms with Crippen LogP contribution in [0.2, 0.25) is 0 Å². The van der Waals surface area contributed by atoms with Gasteiger partial charge in [-0.2, -0.15) is 0 Å². The molecule has 0 fully saturated rings. The van der Waals surface area contributed by atoms with Crippen molar-refractivity contribution in [1.29, 1.82) is 0 Å². The van der Waals surface area contributed by atoms with Gasteiger partial charge in [-0.15, -0.1) is 5.06 Å². The average molecular weight is 170 g/mol. The van der Waals surface area contributed by atoms with Crippen LogP contribution < -0.4 is 5.73 Å². The molecule has 1 amide bonds. The van der Waals surface area contributed by atoms with Gasteiger partial charge in [-0.25, -0.2) is 0 Å². The van der Waals surface area contributed by atoms with Crippen LogP contribution >= 0.6 is 0 Å². The molecule has 12 heavy (non-hydrogen) atoms. The van der Waals surface area contributed by atoms with Crippen LogP contribution in [0.1, 0.15) is 20.8 Å². The number of carbonyl (C=O) groups is 1. The lowest BCUT2D eigenvalue weighted by Crippen LogP contribution is -2.43. The second-order valence-corrected chi connectivity index (χ2v) is 2.78. The van der Waals surface area contributed by atoms with Gasteiger partial charge >= 0.3 is 0 Å². The molecule has 4 heteroatoms. The molecule has 1 unspecified atom stereocenters. The van der Waals surface area contributed by atoms with Crippen LogP contribution in [0.3, 0.4) is 0 Å². The molecule has 0 spiro atoms. The molecule has 0 aliphatic rings. The Balaban J connectivity index is 4.25. The van der Waals surface area contributed by atoms with Crippen LogP contribution in [0, 0.1) is 17.9 Å². The van der Waals surface area contributed by atoms with Crippen LogP contribution in [0.4, 0.5) is 0 Å². The molecule has 0 aromatic heterocycles. The van der Waals surface area contributed by atoms with Crippen LogP contribution in [-0.4, -0.2) is 22.2 Å². The van der Waals surface area contributed by atoms with Crippen LogP contribution in [-0.2, 0) is 4.79 Å². The molecule has 0 aliphatic heterocycles. The lowest BCUT2D eigenvalue weighted by Gasteiger charge is -2.16. The van der Waals surface area contributed by atoms with Crippen molar-refractivity contribution in [3.63, 3.8) is 0 Å². The van der Waals surface area contributed by atoms with Gasteiger partial charge in [0.05, 0.1) is 6.04 Å². The van der Waals surface area contributed by atoms with Crippen molar-refractivity contribution in [3.05, 3.63) is 0 Å². The van der Waals surface area contributed by atoms with Crippen molar-refractivity contribution in [1.82, 2.24) is 5.06 Å². The summed E-state index contributed by atoms with van der Waals surface area (Å²) < 4.78 is 0. The summed E-state index contributed by atoms with van der Waals surface area (Å²) in [6.07, 6.45) is 0. The number of nitrogens with zero attached hydrogens (tertiary/aromatic N) is 1. The molecule has 0 aliphatic carbocycles. The zero-order valence-electron chi connectivity index (χ0n) is 7.53. The van der Waals surface area contributed by atoms with E-state index in [0.29, 0.717) is 5.06 Å². The molecule has 0 aromatic rings. The van der Waals surface area contributed by atoms with Crippen LogP contribution in [0.25, 0.3) is 0 Å². The minimum atomic E-state index is -0.698. The number of carbonyl (C=O) groups excluding carboxylic acids is 1. The third-order valence-electron chi connectivity index (χ3n) is 1.43. The first-order valence-electron chi connectivity index (χ1n) is 3.71. The number of amides is 1. The van der Waals surface area contributed by atoms with E-state index in [0.717, 1.165) is 0 Å². The van der Waals surface area contributed by atoms with Gasteiger partial charge in [0.25, 0.3) is 5.91 Å². The fourth-order valence-electron chi connectivity index (χ4n) is 0.587. The van der Waals surface area contributed by atoms with E-state index in [1.54, 1.807) is 13.8 Å². The highest BCUT2D eigenvalue weighted by Gasteiger charge is 2.21. The van der Waals surface area contributed by atoms with Crippen LogP contribution in [0.5, 0.6) is 0 Å². The highest BCUT2D eigenvalue weighted by molar-refractivity contribution is 5.82. The van der Waals surface area contributed by atoms with E-state index in [2.05, 4.69) is 12.0 Å². The molecule has 1 atom stereocenters. The van der Waals surface area contributed by atoms with E-state index in [-0.39, 0.29) is 5.92 Å². The predicted molar refractivity (Wildman–Crippen MR) is 44.9 cm³/mol. The van der Waals surface area contributed by atoms with Crippen molar-refractivity contribution in [2.45, 2.75) is 26.8 Å². The van der Waals surface area contributed by atoms with Gasteiger partial charge in [-0.1, -0.05) is 19.8 Å². The van der Waals surface area contributed by atoms with Gasteiger partial charge in [0.1, 0.15) is 0 Å². The third kappa shape index (κ3) is 2.91. The Bertz CT molecular complexity index is 215. The predicted octanol–water partition coefficient (Wildman–Crippen LogP) is 0.168. The first kappa shape index (κ1) is 11.0. The molecule has 0 rings (SSSR count).